The summed E-state index contributed by atoms with van der Waals surface area (Å²) >= 11 is 0. The average molecular weight is 330 g/mol. The molecule has 2 N–H and O–H groups in total. The standard InChI is InChI=1S/C16H22N6O2/c1-11-9-21(14-3-6-18-16(20-14)12(2)24)7-8-22(11)15-4-5-17-13(10-23)19-15/h3-6,11-12,23-24H,7-10H2,1-2H3/t11-,12+/m0/s1. The van der Waals surface area contributed by atoms with E-state index in [1.165, 1.54) is 0 Å². The third kappa shape index (κ3) is 3.44. The first-order valence-corrected chi connectivity index (χ1v) is 8.04. The zero-order valence-corrected chi connectivity index (χ0v) is 13.9. The van der Waals surface area contributed by atoms with Crippen molar-refractivity contribution in [2.75, 3.05) is 29.4 Å². The lowest BCUT2D eigenvalue weighted by Crippen LogP contribution is -2.52. The zero-order chi connectivity index (χ0) is 17.1. The second-order valence-corrected chi connectivity index (χ2v) is 5.93. The molecule has 1 saturated heterocycles. The minimum Gasteiger partial charge on any atom is -0.388 e. The minimum atomic E-state index is -0.679. The third-order valence-electron chi connectivity index (χ3n) is 4.11. The van der Waals surface area contributed by atoms with Gasteiger partial charge in [0.05, 0.1) is 0 Å². The Morgan fingerprint density at radius 2 is 1.92 bits per heavy atom. The van der Waals surface area contributed by atoms with Gasteiger partial charge in [0.1, 0.15) is 24.3 Å². The van der Waals surface area contributed by atoms with Gasteiger partial charge in [-0.2, -0.15) is 0 Å². The van der Waals surface area contributed by atoms with E-state index in [0.717, 1.165) is 31.3 Å². The van der Waals surface area contributed by atoms with E-state index < -0.39 is 6.10 Å². The van der Waals surface area contributed by atoms with Crippen molar-refractivity contribution in [3.63, 3.8) is 0 Å². The van der Waals surface area contributed by atoms with Gasteiger partial charge in [0.25, 0.3) is 0 Å². The van der Waals surface area contributed by atoms with Crippen LogP contribution < -0.4 is 9.80 Å². The second kappa shape index (κ2) is 7.06. The van der Waals surface area contributed by atoms with Gasteiger partial charge in [-0.05, 0) is 26.0 Å². The molecule has 1 fully saturated rings. The Bertz CT molecular complexity index is 696. The van der Waals surface area contributed by atoms with E-state index in [4.69, 9.17) is 0 Å². The first-order valence-electron chi connectivity index (χ1n) is 8.04. The molecular weight excluding hydrogens is 308 g/mol. The molecule has 24 heavy (non-hydrogen) atoms. The van der Waals surface area contributed by atoms with Crippen molar-refractivity contribution >= 4 is 11.6 Å². The number of aromatic nitrogens is 4. The fourth-order valence-electron chi connectivity index (χ4n) is 2.87. The predicted octanol–water partition coefficient (Wildman–Crippen LogP) is 0.527. The molecule has 8 nitrogen and oxygen atoms in total. The first-order chi connectivity index (χ1) is 11.6. The van der Waals surface area contributed by atoms with Crippen molar-refractivity contribution in [3.8, 4) is 0 Å². The van der Waals surface area contributed by atoms with Crippen LogP contribution in [0.4, 0.5) is 11.6 Å². The minimum absolute atomic E-state index is 0.161. The van der Waals surface area contributed by atoms with Crippen molar-refractivity contribution in [1.29, 1.82) is 0 Å². The Morgan fingerprint density at radius 3 is 2.62 bits per heavy atom. The molecular formula is C16H22N6O2. The van der Waals surface area contributed by atoms with Gasteiger partial charge < -0.3 is 20.0 Å². The first kappa shape index (κ1) is 16.5. The monoisotopic (exact) mass is 330 g/mol. The van der Waals surface area contributed by atoms with Gasteiger partial charge in [-0.3, -0.25) is 0 Å². The topological polar surface area (TPSA) is 98.5 Å². The lowest BCUT2D eigenvalue weighted by molar-refractivity contribution is 0.189. The summed E-state index contributed by atoms with van der Waals surface area (Å²) < 4.78 is 0. The highest BCUT2D eigenvalue weighted by atomic mass is 16.3. The SMILES string of the molecule is C[C@@H](O)c1nccc(N2CCN(c3ccnc(CO)n3)[C@@H](C)C2)n1. The van der Waals surface area contributed by atoms with Crippen molar-refractivity contribution in [1.82, 2.24) is 19.9 Å². The Hall–Kier alpha value is -2.32. The molecule has 0 spiro atoms. The normalized spacial score (nSPS) is 19.4. The van der Waals surface area contributed by atoms with Gasteiger partial charge in [-0.1, -0.05) is 0 Å². The second-order valence-electron chi connectivity index (χ2n) is 5.93. The fraction of sp³-hybridized carbons (Fsp3) is 0.500. The van der Waals surface area contributed by atoms with E-state index in [1.807, 2.05) is 12.1 Å². The molecule has 128 valence electrons. The van der Waals surface area contributed by atoms with Gasteiger partial charge in [0.15, 0.2) is 11.6 Å². The Kier molecular flexibility index (Phi) is 4.86. The lowest BCUT2D eigenvalue weighted by Gasteiger charge is -2.41. The van der Waals surface area contributed by atoms with E-state index in [1.54, 1.807) is 19.3 Å². The molecule has 2 aromatic heterocycles. The number of aliphatic hydroxyl groups excluding tert-OH is 2. The quantitative estimate of drug-likeness (QED) is 0.837. The van der Waals surface area contributed by atoms with Crippen molar-refractivity contribution in [2.45, 2.75) is 32.6 Å². The molecule has 2 aromatic rings. The number of aliphatic hydroxyl groups is 2. The average Bonchev–Trinajstić information content (AvgIpc) is 2.61. The largest absolute Gasteiger partial charge is 0.388 e. The van der Waals surface area contributed by atoms with Gasteiger partial charge in [0, 0.05) is 38.1 Å². The molecule has 0 saturated carbocycles. The summed E-state index contributed by atoms with van der Waals surface area (Å²) in [5, 5.41) is 18.9. The van der Waals surface area contributed by atoms with Crippen LogP contribution in [-0.2, 0) is 6.61 Å². The molecule has 3 heterocycles. The zero-order valence-electron chi connectivity index (χ0n) is 13.9. The Balaban J connectivity index is 1.74. The van der Waals surface area contributed by atoms with Crippen LogP contribution in [0.2, 0.25) is 0 Å². The molecule has 8 heteroatoms. The highest BCUT2D eigenvalue weighted by molar-refractivity contribution is 5.45. The summed E-state index contributed by atoms with van der Waals surface area (Å²) in [5.41, 5.74) is 0. The fourth-order valence-corrected chi connectivity index (χ4v) is 2.87. The molecule has 1 aliphatic rings. The molecule has 0 unspecified atom stereocenters. The lowest BCUT2D eigenvalue weighted by atomic mass is 10.2. The van der Waals surface area contributed by atoms with Crippen LogP contribution in [0.3, 0.4) is 0 Å². The maximum Gasteiger partial charge on any atom is 0.158 e. The predicted molar refractivity (Wildman–Crippen MR) is 89.6 cm³/mol. The molecule has 0 amide bonds. The van der Waals surface area contributed by atoms with Crippen LogP contribution in [0.25, 0.3) is 0 Å². The van der Waals surface area contributed by atoms with Crippen LogP contribution in [0.5, 0.6) is 0 Å². The van der Waals surface area contributed by atoms with Crippen molar-refractivity contribution < 1.29 is 10.2 Å². The van der Waals surface area contributed by atoms with Gasteiger partial charge in [-0.15, -0.1) is 0 Å². The van der Waals surface area contributed by atoms with Gasteiger partial charge in [0.2, 0.25) is 0 Å². The number of hydrogen-bond donors (Lipinski definition) is 2. The number of hydrogen-bond acceptors (Lipinski definition) is 8. The number of rotatable bonds is 4. The van der Waals surface area contributed by atoms with Crippen LogP contribution in [0.1, 0.15) is 31.6 Å². The van der Waals surface area contributed by atoms with Crippen LogP contribution in [-0.4, -0.2) is 55.8 Å². The summed E-state index contributed by atoms with van der Waals surface area (Å²) in [5.74, 6) is 2.52. The molecule has 0 aliphatic carbocycles. The summed E-state index contributed by atoms with van der Waals surface area (Å²) in [6, 6.07) is 3.95. The molecule has 0 aromatic carbocycles. The summed E-state index contributed by atoms with van der Waals surface area (Å²) in [6.07, 6.45) is 2.67. The summed E-state index contributed by atoms with van der Waals surface area (Å²) in [6.45, 7) is 5.99. The summed E-state index contributed by atoms with van der Waals surface area (Å²) in [7, 11) is 0. The van der Waals surface area contributed by atoms with E-state index in [-0.39, 0.29) is 12.6 Å². The third-order valence-corrected chi connectivity index (χ3v) is 4.11. The number of anilines is 2. The smallest absolute Gasteiger partial charge is 0.158 e. The van der Waals surface area contributed by atoms with Gasteiger partial charge >= 0.3 is 0 Å². The van der Waals surface area contributed by atoms with Gasteiger partial charge in [-0.25, -0.2) is 19.9 Å². The maximum absolute atomic E-state index is 9.65. The Morgan fingerprint density at radius 1 is 1.17 bits per heavy atom. The molecule has 0 radical (unpaired) electrons. The van der Waals surface area contributed by atoms with Crippen LogP contribution in [0, 0.1) is 0 Å². The molecule has 1 aliphatic heterocycles. The molecule has 3 rings (SSSR count). The highest BCUT2D eigenvalue weighted by Gasteiger charge is 2.26. The summed E-state index contributed by atoms with van der Waals surface area (Å²) in [4.78, 5) is 21.3. The van der Waals surface area contributed by atoms with E-state index in [9.17, 15) is 10.2 Å². The highest BCUT2D eigenvalue weighted by Crippen LogP contribution is 2.22. The van der Waals surface area contributed by atoms with Crippen LogP contribution in [0.15, 0.2) is 24.5 Å². The van der Waals surface area contributed by atoms with E-state index in [2.05, 4.69) is 36.7 Å². The Labute approximate surface area is 140 Å². The number of piperazine rings is 1. The number of nitrogens with zero attached hydrogens (tertiary/aromatic N) is 6. The molecule has 2 atom stereocenters. The van der Waals surface area contributed by atoms with Crippen LogP contribution >= 0.6 is 0 Å². The van der Waals surface area contributed by atoms with E-state index >= 15 is 0 Å². The molecule has 0 bridgehead atoms. The van der Waals surface area contributed by atoms with E-state index in [0.29, 0.717) is 11.6 Å². The van der Waals surface area contributed by atoms with Crippen molar-refractivity contribution in [3.05, 3.63) is 36.2 Å². The van der Waals surface area contributed by atoms with Crippen molar-refractivity contribution in [2.24, 2.45) is 0 Å². The maximum atomic E-state index is 9.65.